The molecule has 0 aliphatic carbocycles. The van der Waals surface area contributed by atoms with Gasteiger partial charge in [-0.2, -0.15) is 0 Å². The first-order valence-electron chi connectivity index (χ1n) is 6.96. The van der Waals surface area contributed by atoms with Crippen molar-refractivity contribution in [1.82, 2.24) is 10.3 Å². The Balaban J connectivity index is 1.70. The third-order valence-electron chi connectivity index (χ3n) is 3.55. The van der Waals surface area contributed by atoms with Gasteiger partial charge < -0.3 is 5.32 Å². The second-order valence-corrected chi connectivity index (χ2v) is 5.01. The van der Waals surface area contributed by atoms with Crippen LogP contribution >= 0.6 is 0 Å². The summed E-state index contributed by atoms with van der Waals surface area (Å²) in [5.74, 6) is 0. The molecule has 0 saturated heterocycles. The van der Waals surface area contributed by atoms with Crippen LogP contribution in [0.15, 0.2) is 66.7 Å². The molecule has 0 amide bonds. The van der Waals surface area contributed by atoms with Crippen LogP contribution in [-0.4, -0.2) is 4.98 Å². The summed E-state index contributed by atoms with van der Waals surface area (Å²) in [6.45, 7) is 2.96. The van der Waals surface area contributed by atoms with Crippen LogP contribution in [0, 0.1) is 0 Å². The van der Waals surface area contributed by atoms with Crippen LogP contribution in [0.4, 0.5) is 0 Å². The lowest BCUT2D eigenvalue weighted by molar-refractivity contribution is 0.568. The van der Waals surface area contributed by atoms with Gasteiger partial charge in [0.1, 0.15) is 0 Å². The molecule has 0 saturated carbocycles. The molecule has 0 aliphatic heterocycles. The van der Waals surface area contributed by atoms with Crippen LogP contribution < -0.4 is 5.32 Å². The summed E-state index contributed by atoms with van der Waals surface area (Å²) < 4.78 is 0. The van der Waals surface area contributed by atoms with Gasteiger partial charge in [0, 0.05) is 18.0 Å². The lowest BCUT2D eigenvalue weighted by Gasteiger charge is -2.14. The fourth-order valence-corrected chi connectivity index (χ4v) is 2.32. The Hall–Kier alpha value is -2.19. The third-order valence-corrected chi connectivity index (χ3v) is 3.55. The van der Waals surface area contributed by atoms with Crippen molar-refractivity contribution < 1.29 is 0 Å². The molecule has 1 atom stereocenters. The average Bonchev–Trinajstić information content (AvgIpc) is 2.53. The molecule has 2 heteroatoms. The SMILES string of the molecule is C[C@@H](NCc1ccc2ccccc2n1)c1ccccc1. The van der Waals surface area contributed by atoms with Crippen molar-refractivity contribution in [2.75, 3.05) is 0 Å². The number of fused-ring (bicyclic) bond motifs is 1. The fourth-order valence-electron chi connectivity index (χ4n) is 2.32. The number of rotatable bonds is 4. The zero-order chi connectivity index (χ0) is 13.8. The molecule has 2 aromatic carbocycles. The first-order valence-corrected chi connectivity index (χ1v) is 6.96. The zero-order valence-corrected chi connectivity index (χ0v) is 11.6. The van der Waals surface area contributed by atoms with E-state index in [4.69, 9.17) is 0 Å². The Morgan fingerprint density at radius 1 is 0.900 bits per heavy atom. The van der Waals surface area contributed by atoms with Crippen LogP contribution in [0.2, 0.25) is 0 Å². The van der Waals surface area contributed by atoms with E-state index in [1.165, 1.54) is 10.9 Å². The molecule has 0 bridgehead atoms. The van der Waals surface area contributed by atoms with Gasteiger partial charge in [-0.25, -0.2) is 0 Å². The van der Waals surface area contributed by atoms with Gasteiger partial charge in [-0.05, 0) is 24.6 Å². The lowest BCUT2D eigenvalue weighted by atomic mass is 10.1. The Bertz CT molecular complexity index is 692. The lowest BCUT2D eigenvalue weighted by Crippen LogP contribution is -2.18. The van der Waals surface area contributed by atoms with Gasteiger partial charge in [-0.1, -0.05) is 54.6 Å². The minimum Gasteiger partial charge on any atom is -0.305 e. The fraction of sp³-hybridized carbons (Fsp3) is 0.167. The maximum Gasteiger partial charge on any atom is 0.0705 e. The monoisotopic (exact) mass is 262 g/mol. The summed E-state index contributed by atoms with van der Waals surface area (Å²) in [4.78, 5) is 4.68. The van der Waals surface area contributed by atoms with Gasteiger partial charge >= 0.3 is 0 Å². The topological polar surface area (TPSA) is 24.9 Å². The van der Waals surface area contributed by atoms with E-state index in [-0.39, 0.29) is 0 Å². The van der Waals surface area contributed by atoms with E-state index < -0.39 is 0 Å². The minimum absolute atomic E-state index is 0.324. The van der Waals surface area contributed by atoms with Gasteiger partial charge in [0.15, 0.2) is 0 Å². The molecule has 0 aliphatic rings. The van der Waals surface area contributed by atoms with Crippen LogP contribution in [0.5, 0.6) is 0 Å². The van der Waals surface area contributed by atoms with Crippen LogP contribution in [0.1, 0.15) is 24.2 Å². The molecular weight excluding hydrogens is 244 g/mol. The second-order valence-electron chi connectivity index (χ2n) is 5.01. The van der Waals surface area contributed by atoms with Crippen LogP contribution in [0.3, 0.4) is 0 Å². The van der Waals surface area contributed by atoms with Crippen molar-refractivity contribution in [3.8, 4) is 0 Å². The van der Waals surface area contributed by atoms with Crippen LogP contribution in [-0.2, 0) is 6.54 Å². The standard InChI is InChI=1S/C18H18N2/c1-14(15-7-3-2-4-8-15)19-13-17-12-11-16-9-5-6-10-18(16)20-17/h2-12,14,19H,13H2,1H3/t14-/m1/s1. The minimum atomic E-state index is 0.324. The number of nitrogens with zero attached hydrogens (tertiary/aromatic N) is 1. The van der Waals surface area contributed by atoms with E-state index >= 15 is 0 Å². The van der Waals surface area contributed by atoms with Crippen molar-refractivity contribution in [3.05, 3.63) is 78.0 Å². The molecule has 1 aromatic heterocycles. The molecule has 0 fully saturated rings. The quantitative estimate of drug-likeness (QED) is 0.766. The zero-order valence-electron chi connectivity index (χ0n) is 11.6. The van der Waals surface area contributed by atoms with Gasteiger partial charge in [0.05, 0.1) is 11.2 Å². The van der Waals surface area contributed by atoms with Gasteiger partial charge in [-0.15, -0.1) is 0 Å². The van der Waals surface area contributed by atoms with Gasteiger partial charge in [-0.3, -0.25) is 4.98 Å². The number of para-hydroxylation sites is 1. The number of pyridine rings is 1. The summed E-state index contributed by atoms with van der Waals surface area (Å²) in [7, 11) is 0. The molecule has 1 N–H and O–H groups in total. The largest absolute Gasteiger partial charge is 0.305 e. The van der Waals surface area contributed by atoms with Crippen molar-refractivity contribution in [3.63, 3.8) is 0 Å². The van der Waals surface area contributed by atoms with Crippen molar-refractivity contribution in [2.24, 2.45) is 0 Å². The normalized spacial score (nSPS) is 12.4. The van der Waals surface area contributed by atoms with Gasteiger partial charge in [0.25, 0.3) is 0 Å². The number of hydrogen-bond donors (Lipinski definition) is 1. The predicted molar refractivity (Wildman–Crippen MR) is 83.4 cm³/mol. The molecule has 20 heavy (non-hydrogen) atoms. The molecule has 3 rings (SSSR count). The van der Waals surface area contributed by atoms with E-state index in [0.717, 1.165) is 17.8 Å². The number of nitrogens with one attached hydrogen (secondary N) is 1. The van der Waals surface area contributed by atoms with E-state index in [9.17, 15) is 0 Å². The Morgan fingerprint density at radius 3 is 2.50 bits per heavy atom. The highest BCUT2D eigenvalue weighted by Crippen LogP contribution is 2.14. The van der Waals surface area contributed by atoms with E-state index in [1.54, 1.807) is 0 Å². The molecule has 100 valence electrons. The summed E-state index contributed by atoms with van der Waals surface area (Å²) in [6.07, 6.45) is 0. The maximum absolute atomic E-state index is 4.68. The number of hydrogen-bond acceptors (Lipinski definition) is 2. The van der Waals surface area contributed by atoms with Gasteiger partial charge in [0.2, 0.25) is 0 Å². The summed E-state index contributed by atoms with van der Waals surface area (Å²) in [5.41, 5.74) is 3.43. The number of aromatic nitrogens is 1. The molecule has 2 nitrogen and oxygen atoms in total. The first-order chi connectivity index (χ1) is 9.83. The van der Waals surface area contributed by atoms with Crippen molar-refractivity contribution >= 4 is 10.9 Å². The van der Waals surface area contributed by atoms with E-state index in [0.29, 0.717) is 6.04 Å². The Labute approximate surface area is 119 Å². The van der Waals surface area contributed by atoms with Crippen molar-refractivity contribution in [1.29, 1.82) is 0 Å². The molecular formula is C18H18N2. The molecule has 3 aromatic rings. The molecule has 0 spiro atoms. The molecule has 1 heterocycles. The highest BCUT2D eigenvalue weighted by molar-refractivity contribution is 5.78. The highest BCUT2D eigenvalue weighted by Gasteiger charge is 2.04. The highest BCUT2D eigenvalue weighted by atomic mass is 14.9. The average molecular weight is 262 g/mol. The smallest absolute Gasteiger partial charge is 0.0705 e. The summed E-state index contributed by atoms with van der Waals surface area (Å²) >= 11 is 0. The second kappa shape index (κ2) is 5.85. The predicted octanol–water partition coefficient (Wildman–Crippen LogP) is 4.09. The van der Waals surface area contributed by atoms with E-state index in [1.807, 2.05) is 18.2 Å². The summed E-state index contributed by atoms with van der Waals surface area (Å²) in [5, 5.41) is 4.70. The maximum atomic E-state index is 4.68. The third kappa shape index (κ3) is 2.86. The van der Waals surface area contributed by atoms with Crippen LogP contribution in [0.25, 0.3) is 10.9 Å². The summed E-state index contributed by atoms with van der Waals surface area (Å²) in [6, 6.07) is 23.2. The number of benzene rings is 2. The molecule has 0 radical (unpaired) electrons. The first kappa shape index (κ1) is 12.8. The Morgan fingerprint density at radius 2 is 1.65 bits per heavy atom. The Kier molecular flexibility index (Phi) is 3.75. The molecule has 0 unspecified atom stereocenters. The van der Waals surface area contributed by atoms with Crippen molar-refractivity contribution in [2.45, 2.75) is 19.5 Å². The van der Waals surface area contributed by atoms with E-state index in [2.05, 4.69) is 65.8 Å².